The van der Waals surface area contributed by atoms with Crippen molar-refractivity contribution < 1.29 is 4.79 Å². The average molecular weight is 344 g/mol. The highest BCUT2D eigenvalue weighted by Gasteiger charge is 2.15. The summed E-state index contributed by atoms with van der Waals surface area (Å²) in [6.07, 6.45) is 6.07. The minimum absolute atomic E-state index is 0.0710. The van der Waals surface area contributed by atoms with Gasteiger partial charge in [0.05, 0.1) is 0 Å². The van der Waals surface area contributed by atoms with Crippen LogP contribution in [0.3, 0.4) is 0 Å². The predicted octanol–water partition coefficient (Wildman–Crippen LogP) is 2.93. The second-order valence-corrected chi connectivity index (χ2v) is 7.31. The second kappa shape index (κ2) is 8.24. The molecule has 1 aromatic carbocycles. The van der Waals surface area contributed by atoms with Gasteiger partial charge in [-0.25, -0.2) is 9.78 Å². The Kier molecular flexibility index (Phi) is 5.80. The Morgan fingerprint density at radius 1 is 1.42 bits per heavy atom. The lowest BCUT2D eigenvalue weighted by Gasteiger charge is -2.22. The molecule has 24 heavy (non-hydrogen) atoms. The number of carbonyl (C=O) groups excluding carboxylic acids is 1. The Labute approximate surface area is 147 Å². The summed E-state index contributed by atoms with van der Waals surface area (Å²) >= 11 is 1.91. The van der Waals surface area contributed by atoms with Gasteiger partial charge in [-0.1, -0.05) is 24.3 Å². The molecule has 1 aliphatic heterocycles. The maximum atomic E-state index is 12.0. The topological polar surface area (TPSA) is 59.0 Å². The summed E-state index contributed by atoms with van der Waals surface area (Å²) in [7, 11) is 0. The number of hydrogen-bond donors (Lipinski definition) is 2. The molecule has 128 valence electrons. The molecule has 1 saturated heterocycles. The van der Waals surface area contributed by atoms with Crippen molar-refractivity contribution >= 4 is 17.8 Å². The van der Waals surface area contributed by atoms with E-state index in [4.69, 9.17) is 0 Å². The summed E-state index contributed by atoms with van der Waals surface area (Å²) in [5.74, 6) is 3.24. The van der Waals surface area contributed by atoms with Gasteiger partial charge in [0.1, 0.15) is 5.82 Å². The van der Waals surface area contributed by atoms with Crippen LogP contribution >= 0.6 is 11.8 Å². The first-order valence-electron chi connectivity index (χ1n) is 8.38. The molecule has 2 N–H and O–H groups in total. The third kappa shape index (κ3) is 4.77. The first kappa shape index (κ1) is 16.9. The summed E-state index contributed by atoms with van der Waals surface area (Å²) in [4.78, 5) is 16.3. The fourth-order valence-electron chi connectivity index (χ4n) is 2.88. The van der Waals surface area contributed by atoms with E-state index in [-0.39, 0.29) is 6.03 Å². The zero-order valence-corrected chi connectivity index (χ0v) is 14.8. The van der Waals surface area contributed by atoms with E-state index in [1.807, 2.05) is 43.2 Å². The monoisotopic (exact) mass is 344 g/mol. The molecule has 2 aromatic rings. The van der Waals surface area contributed by atoms with Crippen molar-refractivity contribution in [3.05, 3.63) is 53.6 Å². The number of thioether (sulfide) groups is 1. The van der Waals surface area contributed by atoms with Crippen LogP contribution in [0.5, 0.6) is 0 Å². The lowest BCUT2D eigenvalue weighted by molar-refractivity contribution is 0.237. The molecule has 6 heteroatoms. The van der Waals surface area contributed by atoms with Crippen LogP contribution in [0.1, 0.15) is 29.8 Å². The summed E-state index contributed by atoms with van der Waals surface area (Å²) in [6.45, 7) is 3.34. The molecule has 0 spiro atoms. The normalized spacial score (nSPS) is 17.5. The average Bonchev–Trinajstić information content (AvgIpc) is 2.99. The van der Waals surface area contributed by atoms with Gasteiger partial charge in [0, 0.05) is 37.3 Å². The predicted molar refractivity (Wildman–Crippen MR) is 98.2 cm³/mol. The number of nitrogens with zero attached hydrogens (tertiary/aromatic N) is 2. The van der Waals surface area contributed by atoms with Gasteiger partial charge in [0.2, 0.25) is 0 Å². The molecule has 2 amide bonds. The van der Waals surface area contributed by atoms with Gasteiger partial charge >= 0.3 is 6.03 Å². The first-order valence-corrected chi connectivity index (χ1v) is 9.54. The van der Waals surface area contributed by atoms with Crippen LogP contribution in [0, 0.1) is 6.92 Å². The molecular formula is C18H24N4OS. The number of aryl methyl sites for hydroxylation is 1. The van der Waals surface area contributed by atoms with Crippen LogP contribution in [0.4, 0.5) is 4.79 Å². The quantitative estimate of drug-likeness (QED) is 0.877. The van der Waals surface area contributed by atoms with E-state index in [1.165, 1.54) is 17.7 Å². The number of nitrogens with one attached hydrogen (secondary N) is 2. The van der Waals surface area contributed by atoms with Crippen LogP contribution < -0.4 is 10.6 Å². The van der Waals surface area contributed by atoms with Gasteiger partial charge in [-0.15, -0.1) is 0 Å². The van der Waals surface area contributed by atoms with E-state index in [1.54, 1.807) is 0 Å². The van der Waals surface area contributed by atoms with Gasteiger partial charge in [0.25, 0.3) is 0 Å². The summed E-state index contributed by atoms with van der Waals surface area (Å²) in [5.41, 5.74) is 2.32. The van der Waals surface area contributed by atoms with Crippen LogP contribution in [0.15, 0.2) is 36.7 Å². The zero-order valence-electron chi connectivity index (χ0n) is 14.0. The van der Waals surface area contributed by atoms with Crippen molar-refractivity contribution in [2.75, 3.05) is 11.5 Å². The molecule has 0 aliphatic carbocycles. The van der Waals surface area contributed by atoms with Crippen molar-refractivity contribution in [2.24, 2.45) is 0 Å². The SMILES string of the molecule is Cc1nccn1Cc1cccc(CNC(=O)NC2CCCSC2)c1. The lowest BCUT2D eigenvalue weighted by Crippen LogP contribution is -2.44. The number of benzene rings is 1. The van der Waals surface area contributed by atoms with Gasteiger partial charge in [-0.3, -0.25) is 0 Å². The Hall–Kier alpha value is -1.95. The Morgan fingerprint density at radius 3 is 3.04 bits per heavy atom. The third-order valence-corrected chi connectivity index (χ3v) is 5.43. The Bertz CT molecular complexity index is 679. The number of carbonyl (C=O) groups is 1. The van der Waals surface area contributed by atoms with E-state index in [0.29, 0.717) is 12.6 Å². The molecule has 5 nitrogen and oxygen atoms in total. The fourth-order valence-corrected chi connectivity index (χ4v) is 3.95. The van der Waals surface area contributed by atoms with Gasteiger partial charge in [-0.2, -0.15) is 11.8 Å². The summed E-state index contributed by atoms with van der Waals surface area (Å²) in [5, 5.41) is 6.03. The molecule has 0 bridgehead atoms. The molecule has 1 fully saturated rings. The minimum atomic E-state index is -0.0710. The second-order valence-electron chi connectivity index (χ2n) is 6.16. The van der Waals surface area contributed by atoms with Gasteiger partial charge in [0.15, 0.2) is 0 Å². The molecular weight excluding hydrogens is 320 g/mol. The van der Waals surface area contributed by atoms with Gasteiger partial charge in [-0.05, 0) is 36.6 Å². The number of amides is 2. The molecule has 2 heterocycles. The standard InChI is InChI=1S/C18H24N4OS/c1-14-19-7-8-22(14)12-16-5-2-4-15(10-16)11-20-18(23)21-17-6-3-9-24-13-17/h2,4-5,7-8,10,17H,3,6,9,11-13H2,1H3,(H2,20,21,23). The van der Waals surface area contributed by atoms with Crippen LogP contribution in [-0.4, -0.2) is 33.1 Å². The maximum Gasteiger partial charge on any atom is 0.315 e. The van der Waals surface area contributed by atoms with E-state index in [9.17, 15) is 4.79 Å². The van der Waals surface area contributed by atoms with Crippen molar-refractivity contribution in [1.29, 1.82) is 0 Å². The summed E-state index contributed by atoms with van der Waals surface area (Å²) in [6, 6.07) is 8.55. The Morgan fingerprint density at radius 2 is 2.29 bits per heavy atom. The van der Waals surface area contributed by atoms with Crippen LogP contribution in [0.2, 0.25) is 0 Å². The number of aromatic nitrogens is 2. The zero-order chi connectivity index (χ0) is 16.8. The first-order chi connectivity index (χ1) is 11.7. The molecule has 1 unspecified atom stereocenters. The summed E-state index contributed by atoms with van der Waals surface area (Å²) < 4.78 is 2.11. The highest BCUT2D eigenvalue weighted by Crippen LogP contribution is 2.16. The molecule has 1 aliphatic rings. The highest BCUT2D eigenvalue weighted by molar-refractivity contribution is 7.99. The van der Waals surface area contributed by atoms with Crippen molar-refractivity contribution in [3.8, 4) is 0 Å². The van der Waals surface area contributed by atoms with Crippen LogP contribution in [-0.2, 0) is 13.1 Å². The number of rotatable bonds is 5. The largest absolute Gasteiger partial charge is 0.335 e. The van der Waals surface area contributed by atoms with Crippen molar-refractivity contribution in [2.45, 2.75) is 38.9 Å². The molecule has 1 atom stereocenters. The van der Waals surface area contributed by atoms with Crippen molar-refractivity contribution in [3.63, 3.8) is 0 Å². The molecule has 0 saturated carbocycles. The Balaban J connectivity index is 1.51. The molecule has 1 aromatic heterocycles. The van der Waals surface area contributed by atoms with Crippen LogP contribution in [0.25, 0.3) is 0 Å². The molecule has 3 rings (SSSR count). The smallest absolute Gasteiger partial charge is 0.315 e. The maximum absolute atomic E-state index is 12.0. The van der Waals surface area contributed by atoms with Gasteiger partial charge < -0.3 is 15.2 Å². The van der Waals surface area contributed by atoms with E-state index in [2.05, 4.69) is 32.3 Å². The number of urea groups is 1. The van der Waals surface area contributed by atoms with Crippen molar-refractivity contribution in [1.82, 2.24) is 20.2 Å². The molecule has 0 radical (unpaired) electrons. The van der Waals surface area contributed by atoms with E-state index >= 15 is 0 Å². The van der Waals surface area contributed by atoms with E-state index < -0.39 is 0 Å². The third-order valence-electron chi connectivity index (χ3n) is 4.22. The fraction of sp³-hybridized carbons (Fsp3) is 0.444. The highest BCUT2D eigenvalue weighted by atomic mass is 32.2. The minimum Gasteiger partial charge on any atom is -0.335 e. The van der Waals surface area contributed by atoms with E-state index in [0.717, 1.165) is 30.1 Å². The lowest BCUT2D eigenvalue weighted by atomic mass is 10.1. The number of imidazole rings is 1. The number of hydrogen-bond acceptors (Lipinski definition) is 3.